The third-order valence-electron chi connectivity index (χ3n) is 2.54. The molecule has 2 rings (SSSR count). The van der Waals surface area contributed by atoms with E-state index in [4.69, 9.17) is 0 Å². The van der Waals surface area contributed by atoms with Crippen molar-refractivity contribution in [3.63, 3.8) is 0 Å². The first kappa shape index (κ1) is 13.5. The molecular formula is C13H12Br2N2O. The molecule has 5 heteroatoms. The third kappa shape index (κ3) is 2.90. The molecule has 0 atom stereocenters. The van der Waals surface area contributed by atoms with E-state index in [9.17, 15) is 4.79 Å². The highest BCUT2D eigenvalue weighted by Crippen LogP contribution is 2.20. The van der Waals surface area contributed by atoms with Gasteiger partial charge in [-0.25, -0.2) is 4.98 Å². The second kappa shape index (κ2) is 5.80. The van der Waals surface area contributed by atoms with Gasteiger partial charge < -0.3 is 4.98 Å². The number of nitrogens with one attached hydrogen (secondary N) is 1. The van der Waals surface area contributed by atoms with E-state index in [0.29, 0.717) is 10.3 Å². The minimum Gasteiger partial charge on any atom is -0.306 e. The molecule has 3 nitrogen and oxygen atoms in total. The van der Waals surface area contributed by atoms with Gasteiger partial charge in [0.1, 0.15) is 10.3 Å². The summed E-state index contributed by atoms with van der Waals surface area (Å²) in [6.45, 7) is 2.06. The van der Waals surface area contributed by atoms with Gasteiger partial charge in [-0.1, -0.05) is 41.4 Å². The largest absolute Gasteiger partial charge is 0.306 e. The lowest BCUT2D eigenvalue weighted by molar-refractivity contribution is 0.861. The normalized spacial score (nSPS) is 10.6. The predicted molar refractivity (Wildman–Crippen MR) is 79.7 cm³/mol. The molecule has 0 bridgehead atoms. The van der Waals surface area contributed by atoms with Crippen LogP contribution in [0.15, 0.2) is 38.0 Å². The van der Waals surface area contributed by atoms with Crippen molar-refractivity contribution in [1.82, 2.24) is 9.97 Å². The number of halogens is 2. The maximum Gasteiger partial charge on any atom is 0.265 e. The second-order valence-corrected chi connectivity index (χ2v) is 5.64. The first-order valence-corrected chi connectivity index (χ1v) is 7.25. The van der Waals surface area contributed by atoms with Crippen LogP contribution in [0.3, 0.4) is 0 Å². The lowest BCUT2D eigenvalue weighted by atomic mass is 10.2. The van der Waals surface area contributed by atoms with Crippen molar-refractivity contribution in [3.8, 4) is 11.4 Å². The number of aromatic nitrogens is 2. The van der Waals surface area contributed by atoms with E-state index < -0.39 is 0 Å². The van der Waals surface area contributed by atoms with Crippen molar-refractivity contribution in [1.29, 1.82) is 0 Å². The maximum atomic E-state index is 11.8. The van der Waals surface area contributed by atoms with Crippen LogP contribution in [0.4, 0.5) is 0 Å². The Morgan fingerprint density at radius 1 is 1.22 bits per heavy atom. The highest BCUT2D eigenvalue weighted by molar-refractivity contribution is 9.10. The molecular weight excluding hydrogens is 360 g/mol. The molecule has 18 heavy (non-hydrogen) atoms. The Bertz CT molecular complexity index is 605. The summed E-state index contributed by atoms with van der Waals surface area (Å²) in [5.74, 6) is 0.610. The zero-order valence-corrected chi connectivity index (χ0v) is 13.0. The second-order valence-electron chi connectivity index (χ2n) is 3.93. The third-order valence-corrected chi connectivity index (χ3v) is 3.88. The summed E-state index contributed by atoms with van der Waals surface area (Å²) in [6, 6.07) is 7.70. The SMILES string of the molecule is CCCc1nc(-c2ccc(Br)cc2)[nH]c(=O)c1Br. The number of H-pyrrole nitrogens is 1. The van der Waals surface area contributed by atoms with E-state index in [1.54, 1.807) is 0 Å². The average Bonchev–Trinajstić information content (AvgIpc) is 2.36. The van der Waals surface area contributed by atoms with E-state index in [1.807, 2.05) is 24.3 Å². The van der Waals surface area contributed by atoms with Gasteiger partial charge in [-0.05, 0) is 34.5 Å². The number of hydrogen-bond acceptors (Lipinski definition) is 2. The van der Waals surface area contributed by atoms with Gasteiger partial charge in [0.15, 0.2) is 0 Å². The van der Waals surface area contributed by atoms with Gasteiger partial charge in [0, 0.05) is 10.0 Å². The molecule has 1 aromatic heterocycles. The maximum absolute atomic E-state index is 11.8. The Morgan fingerprint density at radius 2 is 1.89 bits per heavy atom. The molecule has 1 N–H and O–H groups in total. The number of rotatable bonds is 3. The Kier molecular flexibility index (Phi) is 4.35. The van der Waals surface area contributed by atoms with Gasteiger partial charge >= 0.3 is 0 Å². The van der Waals surface area contributed by atoms with Crippen molar-refractivity contribution in [2.45, 2.75) is 19.8 Å². The van der Waals surface area contributed by atoms with E-state index in [0.717, 1.165) is 28.6 Å². The van der Waals surface area contributed by atoms with Crippen molar-refractivity contribution >= 4 is 31.9 Å². The van der Waals surface area contributed by atoms with Crippen LogP contribution in [0, 0.1) is 0 Å². The Hall–Kier alpha value is -0.940. The Balaban J connectivity index is 2.51. The Labute approximate surface area is 122 Å². The number of aryl methyl sites for hydroxylation is 1. The summed E-state index contributed by atoms with van der Waals surface area (Å²) in [6.07, 6.45) is 1.74. The van der Waals surface area contributed by atoms with Crippen LogP contribution >= 0.6 is 31.9 Å². The van der Waals surface area contributed by atoms with Crippen LogP contribution in [0.25, 0.3) is 11.4 Å². The van der Waals surface area contributed by atoms with Crippen LogP contribution in [-0.2, 0) is 6.42 Å². The monoisotopic (exact) mass is 370 g/mol. The van der Waals surface area contributed by atoms with Gasteiger partial charge in [-0.15, -0.1) is 0 Å². The molecule has 94 valence electrons. The zero-order chi connectivity index (χ0) is 13.1. The summed E-state index contributed by atoms with van der Waals surface area (Å²) >= 11 is 6.67. The number of aromatic amines is 1. The standard InChI is InChI=1S/C13H12Br2N2O/c1-2-3-10-11(15)13(18)17-12(16-10)8-4-6-9(14)7-5-8/h4-7H,2-3H2,1H3,(H,16,17,18). The van der Waals surface area contributed by atoms with Crippen molar-refractivity contribution < 1.29 is 0 Å². The summed E-state index contributed by atoms with van der Waals surface area (Å²) in [5, 5.41) is 0. The van der Waals surface area contributed by atoms with Crippen LogP contribution in [0.1, 0.15) is 19.0 Å². The first-order valence-electron chi connectivity index (χ1n) is 5.66. The van der Waals surface area contributed by atoms with E-state index >= 15 is 0 Å². The van der Waals surface area contributed by atoms with Gasteiger partial charge in [-0.3, -0.25) is 4.79 Å². The van der Waals surface area contributed by atoms with Crippen molar-refractivity contribution in [2.75, 3.05) is 0 Å². The van der Waals surface area contributed by atoms with E-state index in [-0.39, 0.29) is 5.56 Å². The molecule has 0 aliphatic heterocycles. The first-order chi connectivity index (χ1) is 8.61. The van der Waals surface area contributed by atoms with Gasteiger partial charge in [0.25, 0.3) is 5.56 Å². The highest BCUT2D eigenvalue weighted by Gasteiger charge is 2.09. The van der Waals surface area contributed by atoms with Crippen molar-refractivity contribution in [3.05, 3.63) is 49.3 Å². The quantitative estimate of drug-likeness (QED) is 0.888. The molecule has 1 heterocycles. The molecule has 0 saturated carbocycles. The summed E-state index contributed by atoms with van der Waals surface area (Å²) < 4.78 is 1.53. The number of hydrogen-bond donors (Lipinski definition) is 1. The molecule has 0 fully saturated rings. The summed E-state index contributed by atoms with van der Waals surface area (Å²) in [4.78, 5) is 19.1. The molecule has 0 radical (unpaired) electrons. The topological polar surface area (TPSA) is 45.8 Å². The molecule has 2 aromatic rings. The summed E-state index contributed by atoms with van der Waals surface area (Å²) in [7, 11) is 0. The summed E-state index contributed by atoms with van der Waals surface area (Å²) in [5.41, 5.74) is 1.57. The molecule has 0 aliphatic rings. The molecule has 0 unspecified atom stereocenters. The average molecular weight is 372 g/mol. The van der Waals surface area contributed by atoms with Crippen LogP contribution in [0.2, 0.25) is 0 Å². The molecule has 0 aliphatic carbocycles. The van der Waals surface area contributed by atoms with Gasteiger partial charge in [-0.2, -0.15) is 0 Å². The van der Waals surface area contributed by atoms with Crippen molar-refractivity contribution in [2.24, 2.45) is 0 Å². The molecule has 0 saturated heterocycles. The van der Waals surface area contributed by atoms with Gasteiger partial charge in [0.2, 0.25) is 0 Å². The predicted octanol–water partition coefficient (Wildman–Crippen LogP) is 3.91. The lowest BCUT2D eigenvalue weighted by Crippen LogP contribution is -2.13. The number of benzene rings is 1. The van der Waals surface area contributed by atoms with Crippen LogP contribution in [0.5, 0.6) is 0 Å². The van der Waals surface area contributed by atoms with E-state index in [2.05, 4.69) is 48.8 Å². The fraction of sp³-hybridized carbons (Fsp3) is 0.231. The Morgan fingerprint density at radius 3 is 2.50 bits per heavy atom. The fourth-order valence-corrected chi connectivity index (χ4v) is 2.30. The molecule has 1 aromatic carbocycles. The smallest absolute Gasteiger partial charge is 0.265 e. The molecule has 0 spiro atoms. The number of nitrogens with zero attached hydrogens (tertiary/aromatic N) is 1. The fourth-order valence-electron chi connectivity index (χ4n) is 1.65. The lowest BCUT2D eigenvalue weighted by Gasteiger charge is -2.06. The van der Waals surface area contributed by atoms with E-state index in [1.165, 1.54) is 0 Å². The zero-order valence-electron chi connectivity index (χ0n) is 9.84. The molecule has 0 amide bonds. The minimum absolute atomic E-state index is 0.133. The minimum atomic E-state index is -0.133. The van der Waals surface area contributed by atoms with Crippen LogP contribution < -0.4 is 5.56 Å². The highest BCUT2D eigenvalue weighted by atomic mass is 79.9. The van der Waals surface area contributed by atoms with Gasteiger partial charge in [0.05, 0.1) is 5.69 Å². The van der Waals surface area contributed by atoms with Crippen LogP contribution in [-0.4, -0.2) is 9.97 Å².